The van der Waals surface area contributed by atoms with Crippen molar-refractivity contribution in [3.8, 4) is 0 Å². The molecule has 5 heteroatoms. The molecule has 2 unspecified atom stereocenters. The summed E-state index contributed by atoms with van der Waals surface area (Å²) in [6.07, 6.45) is -0.138. The van der Waals surface area contributed by atoms with Crippen LogP contribution >= 0.6 is 43.2 Å². The van der Waals surface area contributed by atoms with Crippen molar-refractivity contribution >= 4 is 49.0 Å². The van der Waals surface area contributed by atoms with E-state index in [1.807, 2.05) is 29.6 Å². The van der Waals surface area contributed by atoms with E-state index in [9.17, 15) is 4.79 Å². The fraction of sp³-hybridized carbons (Fsp3) is 0.214. The quantitative estimate of drug-likeness (QED) is 0.636. The topological polar surface area (TPSA) is 26.3 Å². The van der Waals surface area contributed by atoms with Gasteiger partial charge in [0, 0.05) is 27.6 Å². The normalized spacial score (nSPS) is 21.7. The van der Waals surface area contributed by atoms with Crippen molar-refractivity contribution in [3.05, 3.63) is 55.7 Å². The Morgan fingerprint density at radius 3 is 2.79 bits per heavy atom. The largest absolute Gasteiger partial charge is 0.374 e. The molecular weight excluding hydrogens is 392 g/mol. The number of fused-ring (bicyclic) bond motifs is 2. The molecule has 2 nitrogen and oxygen atoms in total. The highest BCUT2D eigenvalue weighted by Gasteiger charge is 2.34. The molecule has 0 radical (unpaired) electrons. The monoisotopic (exact) mass is 400 g/mol. The van der Waals surface area contributed by atoms with Crippen molar-refractivity contribution < 1.29 is 9.53 Å². The van der Waals surface area contributed by atoms with Crippen LogP contribution in [0.5, 0.6) is 0 Å². The molecule has 98 valence electrons. The second-order valence-corrected chi connectivity index (χ2v) is 7.17. The summed E-state index contributed by atoms with van der Waals surface area (Å²) in [5.41, 5.74) is 2.46. The van der Waals surface area contributed by atoms with Gasteiger partial charge in [-0.2, -0.15) is 0 Å². The molecule has 1 aliphatic rings. The Hall–Kier alpha value is -0.490. The zero-order chi connectivity index (χ0) is 13.6. The molecule has 0 spiro atoms. The van der Waals surface area contributed by atoms with Crippen LogP contribution in [0.2, 0.25) is 0 Å². The lowest BCUT2D eigenvalue weighted by Gasteiger charge is -2.20. The number of halogens is 2. The first kappa shape index (κ1) is 13.5. The first-order chi connectivity index (χ1) is 9.13. The van der Waals surface area contributed by atoms with E-state index in [4.69, 9.17) is 4.74 Å². The Bertz CT molecular complexity index is 651. The highest BCUT2D eigenvalue weighted by molar-refractivity contribution is 9.10. The standard InChI is InChI=1S/C14H10Br2O2S/c1-18-13-11(16)8-3-2-7(15)6-10(8)12(17)9-4-5-19-14(9)13/h2-6,11,13H,1H3. The maximum atomic E-state index is 12.7. The lowest BCUT2D eigenvalue weighted by molar-refractivity contribution is 0.101. The molecule has 1 aliphatic carbocycles. The van der Waals surface area contributed by atoms with E-state index < -0.39 is 0 Å². The maximum absolute atomic E-state index is 12.7. The number of benzene rings is 1. The molecule has 0 bridgehead atoms. The van der Waals surface area contributed by atoms with Crippen LogP contribution < -0.4 is 0 Å². The number of hydrogen-bond donors (Lipinski definition) is 0. The molecule has 19 heavy (non-hydrogen) atoms. The minimum atomic E-state index is -0.138. The first-order valence-corrected chi connectivity index (χ1v) is 8.30. The van der Waals surface area contributed by atoms with Crippen LogP contribution in [0.3, 0.4) is 0 Å². The van der Waals surface area contributed by atoms with Gasteiger partial charge in [-0.1, -0.05) is 37.9 Å². The van der Waals surface area contributed by atoms with Gasteiger partial charge in [-0.05, 0) is 29.1 Å². The first-order valence-electron chi connectivity index (χ1n) is 5.72. The second-order valence-electron chi connectivity index (χ2n) is 4.32. The molecular formula is C14H10Br2O2S. The lowest BCUT2D eigenvalue weighted by atomic mass is 10.0. The summed E-state index contributed by atoms with van der Waals surface area (Å²) in [4.78, 5) is 13.6. The molecule has 0 amide bonds. The maximum Gasteiger partial charge on any atom is 0.194 e. The predicted molar refractivity (Wildman–Crippen MR) is 83.3 cm³/mol. The van der Waals surface area contributed by atoms with Gasteiger partial charge in [-0.15, -0.1) is 11.3 Å². The third kappa shape index (κ3) is 2.13. The molecule has 1 aromatic heterocycles. The highest BCUT2D eigenvalue weighted by atomic mass is 79.9. The van der Waals surface area contributed by atoms with Gasteiger partial charge >= 0.3 is 0 Å². The van der Waals surface area contributed by atoms with Gasteiger partial charge in [0.15, 0.2) is 5.78 Å². The third-order valence-electron chi connectivity index (χ3n) is 3.28. The summed E-state index contributed by atoms with van der Waals surface area (Å²) < 4.78 is 6.51. The van der Waals surface area contributed by atoms with E-state index in [0.717, 1.165) is 26.0 Å². The van der Waals surface area contributed by atoms with E-state index in [1.165, 1.54) is 0 Å². The van der Waals surface area contributed by atoms with E-state index in [0.29, 0.717) is 0 Å². The fourth-order valence-corrected chi connectivity index (χ4v) is 4.78. The molecule has 0 saturated heterocycles. The Morgan fingerprint density at radius 2 is 2.05 bits per heavy atom. The van der Waals surface area contributed by atoms with Gasteiger partial charge in [0.2, 0.25) is 0 Å². The second kappa shape index (κ2) is 5.13. The number of rotatable bonds is 1. The summed E-state index contributed by atoms with van der Waals surface area (Å²) in [5.74, 6) is 0.0663. The van der Waals surface area contributed by atoms with E-state index >= 15 is 0 Å². The lowest BCUT2D eigenvalue weighted by Crippen LogP contribution is -2.06. The number of carbonyl (C=O) groups excluding carboxylic acids is 1. The summed E-state index contributed by atoms with van der Waals surface area (Å²) in [6, 6.07) is 7.68. The van der Waals surface area contributed by atoms with Crippen LogP contribution in [0.1, 0.15) is 37.3 Å². The molecule has 0 fully saturated rings. The van der Waals surface area contributed by atoms with Crippen LogP contribution in [0.15, 0.2) is 34.1 Å². The minimum absolute atomic E-state index is 0.0237. The molecule has 1 aromatic carbocycles. The van der Waals surface area contributed by atoms with Gasteiger partial charge in [-0.3, -0.25) is 4.79 Å². The summed E-state index contributed by atoms with van der Waals surface area (Å²) in [7, 11) is 1.68. The van der Waals surface area contributed by atoms with Crippen molar-refractivity contribution in [1.82, 2.24) is 0 Å². The number of ketones is 1. The molecule has 0 saturated carbocycles. The van der Waals surface area contributed by atoms with Gasteiger partial charge < -0.3 is 4.74 Å². The van der Waals surface area contributed by atoms with Crippen molar-refractivity contribution in [2.75, 3.05) is 7.11 Å². The van der Waals surface area contributed by atoms with Gasteiger partial charge in [0.1, 0.15) is 6.10 Å². The molecule has 1 heterocycles. The van der Waals surface area contributed by atoms with Gasteiger partial charge in [-0.25, -0.2) is 0 Å². The van der Waals surface area contributed by atoms with E-state index in [1.54, 1.807) is 18.4 Å². The SMILES string of the molecule is COC1c2sccc2C(=O)c2cc(Br)ccc2C1Br. The van der Waals surface area contributed by atoms with Crippen molar-refractivity contribution in [2.24, 2.45) is 0 Å². The average molecular weight is 402 g/mol. The smallest absolute Gasteiger partial charge is 0.194 e. The zero-order valence-electron chi connectivity index (χ0n) is 10.0. The summed E-state index contributed by atoms with van der Waals surface area (Å²) in [6.45, 7) is 0. The Balaban J connectivity index is 2.28. The fourth-order valence-electron chi connectivity index (χ4n) is 2.36. The Kier molecular flexibility index (Phi) is 3.64. The van der Waals surface area contributed by atoms with Gasteiger partial charge in [0.25, 0.3) is 0 Å². The number of hydrogen-bond acceptors (Lipinski definition) is 3. The van der Waals surface area contributed by atoms with Crippen molar-refractivity contribution in [3.63, 3.8) is 0 Å². The third-order valence-corrected chi connectivity index (χ3v) is 5.72. The zero-order valence-corrected chi connectivity index (χ0v) is 14.0. The Labute approximate surface area is 132 Å². The van der Waals surface area contributed by atoms with Crippen LogP contribution in [0.25, 0.3) is 0 Å². The highest BCUT2D eigenvalue weighted by Crippen LogP contribution is 2.46. The molecule has 2 aromatic rings. The number of thiophene rings is 1. The number of methoxy groups -OCH3 is 1. The van der Waals surface area contributed by atoms with Crippen LogP contribution in [0.4, 0.5) is 0 Å². The molecule has 0 aliphatic heterocycles. The van der Waals surface area contributed by atoms with Crippen LogP contribution in [0, 0.1) is 0 Å². The van der Waals surface area contributed by atoms with Crippen LogP contribution in [-0.2, 0) is 4.74 Å². The van der Waals surface area contributed by atoms with Crippen molar-refractivity contribution in [1.29, 1.82) is 0 Å². The number of ether oxygens (including phenoxy) is 1. The molecule has 3 rings (SSSR count). The average Bonchev–Trinajstić information content (AvgIpc) is 2.85. The summed E-state index contributed by atoms with van der Waals surface area (Å²) >= 11 is 8.68. The minimum Gasteiger partial charge on any atom is -0.374 e. The van der Waals surface area contributed by atoms with E-state index in [-0.39, 0.29) is 16.7 Å². The number of carbonyl (C=O) groups is 1. The number of alkyl halides is 1. The van der Waals surface area contributed by atoms with Crippen LogP contribution in [-0.4, -0.2) is 12.9 Å². The van der Waals surface area contributed by atoms with E-state index in [2.05, 4.69) is 31.9 Å². The molecule has 0 N–H and O–H groups in total. The van der Waals surface area contributed by atoms with Gasteiger partial charge in [0.05, 0.1) is 4.83 Å². The molecule has 2 atom stereocenters. The summed E-state index contributed by atoms with van der Waals surface area (Å²) in [5, 5.41) is 1.94. The predicted octanol–water partition coefficient (Wildman–Crippen LogP) is 4.88. The van der Waals surface area contributed by atoms with Crippen molar-refractivity contribution in [2.45, 2.75) is 10.9 Å². The Morgan fingerprint density at radius 1 is 1.26 bits per heavy atom.